The number of piperazine rings is 1. The van der Waals surface area contributed by atoms with Gasteiger partial charge in [0.1, 0.15) is 29.9 Å². The molecule has 6 rings (SSSR count). The van der Waals surface area contributed by atoms with E-state index in [2.05, 4.69) is 17.6 Å². The van der Waals surface area contributed by atoms with Crippen LogP contribution in [0.4, 0.5) is 14.5 Å². The van der Waals surface area contributed by atoms with E-state index in [0.29, 0.717) is 42.8 Å². The molecule has 12 heteroatoms. The minimum atomic E-state index is -0.837. The zero-order valence-electron chi connectivity index (χ0n) is 22.6. The molecule has 0 N–H and O–H groups in total. The number of nitrogens with zero attached hydrogens (tertiary/aromatic N) is 6. The maximum absolute atomic E-state index is 15.1. The van der Waals surface area contributed by atoms with Crippen LogP contribution in [0.3, 0.4) is 0 Å². The highest BCUT2D eigenvalue weighted by atomic mass is 35.5. The first-order chi connectivity index (χ1) is 20.2. The summed E-state index contributed by atoms with van der Waals surface area (Å²) < 4.78 is 38.5. The molecule has 0 saturated carbocycles. The smallest absolute Gasteiger partial charge is 0.271 e. The second-order valence-corrected chi connectivity index (χ2v) is 10.8. The van der Waals surface area contributed by atoms with Crippen molar-refractivity contribution in [1.82, 2.24) is 19.0 Å². The molecular formula is C30H25ClF2N6O3. The average molecular weight is 591 g/mol. The van der Waals surface area contributed by atoms with Gasteiger partial charge in [-0.05, 0) is 31.2 Å². The molecule has 4 heterocycles. The molecule has 0 radical (unpaired) electrons. The summed E-state index contributed by atoms with van der Waals surface area (Å²) in [6.45, 7) is 6.85. The number of anilines is 1. The topological polar surface area (TPSA) is 96.4 Å². The molecule has 0 spiro atoms. The van der Waals surface area contributed by atoms with Gasteiger partial charge in [0.05, 0.1) is 28.6 Å². The maximum atomic E-state index is 15.1. The van der Waals surface area contributed by atoms with Crippen molar-refractivity contribution in [2.75, 3.05) is 31.1 Å². The maximum Gasteiger partial charge on any atom is 0.271 e. The summed E-state index contributed by atoms with van der Waals surface area (Å²) in [5.41, 5.74) is 0.318. The summed E-state index contributed by atoms with van der Waals surface area (Å²) in [4.78, 5) is 34.2. The van der Waals surface area contributed by atoms with E-state index in [1.807, 2.05) is 11.8 Å². The Kier molecular flexibility index (Phi) is 6.94. The Morgan fingerprint density at radius 3 is 2.79 bits per heavy atom. The number of aromatic nitrogens is 3. The first kappa shape index (κ1) is 27.5. The van der Waals surface area contributed by atoms with E-state index in [9.17, 15) is 19.2 Å². The van der Waals surface area contributed by atoms with E-state index in [0.717, 1.165) is 12.1 Å². The van der Waals surface area contributed by atoms with Gasteiger partial charge in [0.25, 0.3) is 5.56 Å². The van der Waals surface area contributed by atoms with Gasteiger partial charge in [0, 0.05) is 67.2 Å². The highest BCUT2D eigenvalue weighted by Gasteiger charge is 2.36. The van der Waals surface area contributed by atoms with E-state index in [1.165, 1.54) is 16.7 Å². The fourth-order valence-electron chi connectivity index (χ4n) is 5.97. The number of hydrogen-bond donors (Lipinski definition) is 0. The molecule has 1 unspecified atom stereocenters. The molecule has 1 amide bonds. The first-order valence-electron chi connectivity index (χ1n) is 13.3. The van der Waals surface area contributed by atoms with Crippen molar-refractivity contribution in [2.24, 2.45) is 0 Å². The molecular weight excluding hydrogens is 566 g/mol. The van der Waals surface area contributed by atoms with Crippen molar-refractivity contribution in [3.05, 3.63) is 88.2 Å². The van der Waals surface area contributed by atoms with Crippen LogP contribution in [-0.4, -0.2) is 57.2 Å². The Hall–Kier alpha value is -4.69. The Bertz CT molecular complexity index is 1850. The molecule has 0 aliphatic carbocycles. The summed E-state index contributed by atoms with van der Waals surface area (Å²) >= 11 is 6.82. The van der Waals surface area contributed by atoms with E-state index in [-0.39, 0.29) is 46.0 Å². The third kappa shape index (κ3) is 4.39. The van der Waals surface area contributed by atoms with Gasteiger partial charge in [-0.2, -0.15) is 5.26 Å². The molecule has 214 valence electrons. The number of carbonyl (C=O) groups excluding carboxylic acids is 1. The lowest BCUT2D eigenvalue weighted by molar-refractivity contribution is -0.126. The Balaban J connectivity index is 1.64. The van der Waals surface area contributed by atoms with Gasteiger partial charge in [0.2, 0.25) is 5.91 Å². The number of rotatable bonds is 5. The third-order valence-corrected chi connectivity index (χ3v) is 8.15. The van der Waals surface area contributed by atoms with E-state index >= 15 is 4.39 Å². The second-order valence-electron chi connectivity index (χ2n) is 10.3. The number of imidazole rings is 1. The number of halogens is 3. The summed E-state index contributed by atoms with van der Waals surface area (Å²) in [6.07, 6.45) is 6.24. The van der Waals surface area contributed by atoms with Gasteiger partial charge in [-0.3, -0.25) is 14.2 Å². The number of ether oxygens (including phenoxy) is 1. The number of carbonyl (C=O) groups is 1. The van der Waals surface area contributed by atoms with Crippen molar-refractivity contribution in [1.29, 1.82) is 5.26 Å². The third-order valence-electron chi connectivity index (χ3n) is 7.85. The van der Waals surface area contributed by atoms with Crippen molar-refractivity contribution in [2.45, 2.75) is 25.6 Å². The molecule has 4 aromatic rings. The molecule has 0 bridgehead atoms. The minimum Gasteiger partial charge on any atom is -0.488 e. The van der Waals surface area contributed by atoms with Gasteiger partial charge < -0.3 is 19.1 Å². The lowest BCUT2D eigenvalue weighted by Gasteiger charge is -2.42. The highest BCUT2D eigenvalue weighted by molar-refractivity contribution is 6.35. The van der Waals surface area contributed by atoms with E-state index in [1.54, 1.807) is 34.3 Å². The van der Waals surface area contributed by atoms with Gasteiger partial charge in [-0.25, -0.2) is 13.8 Å². The van der Waals surface area contributed by atoms with Crippen molar-refractivity contribution < 1.29 is 18.3 Å². The van der Waals surface area contributed by atoms with Crippen LogP contribution in [0.5, 0.6) is 5.75 Å². The summed E-state index contributed by atoms with van der Waals surface area (Å²) in [6, 6.07) is 6.08. The minimum absolute atomic E-state index is 0.0150. The number of hydrogen-bond acceptors (Lipinski definition) is 6. The Labute approximate surface area is 244 Å². The Morgan fingerprint density at radius 2 is 2.12 bits per heavy atom. The number of nitriles is 1. The molecule has 42 heavy (non-hydrogen) atoms. The summed E-state index contributed by atoms with van der Waals surface area (Å²) in [5.74, 6) is -1.62. The molecule has 2 aromatic heterocycles. The largest absolute Gasteiger partial charge is 0.488 e. The Morgan fingerprint density at radius 1 is 1.31 bits per heavy atom. The van der Waals surface area contributed by atoms with Crippen LogP contribution in [0, 0.1) is 23.0 Å². The van der Waals surface area contributed by atoms with Crippen LogP contribution in [-0.2, 0) is 11.3 Å². The predicted octanol–water partition coefficient (Wildman–Crippen LogP) is 4.53. The predicted molar refractivity (Wildman–Crippen MR) is 154 cm³/mol. The van der Waals surface area contributed by atoms with Gasteiger partial charge >= 0.3 is 0 Å². The fraction of sp³-hybridized carbons (Fsp3) is 0.267. The average Bonchev–Trinajstić information content (AvgIpc) is 3.48. The zero-order chi connectivity index (χ0) is 29.7. The standard InChI is InChI=1S/C30H25ClF2N6O3/c1-3-25(40)37-8-9-38(17(2)13-37)27-21-11-23(31)26(20-5-4-18(32)10-24(20)33)29-28(21)39(30(41)22(27)12-34)19(15-42-29)14-36-7-6-35-16-36/h3-7,10-11,16-17,19H,1,8-9,13-15H2,2H3/t17-,19?/m0/s1. The van der Waals surface area contributed by atoms with Crippen LogP contribution < -0.4 is 15.2 Å². The zero-order valence-corrected chi connectivity index (χ0v) is 23.3. The number of amides is 1. The van der Waals surface area contributed by atoms with Crippen molar-refractivity contribution >= 4 is 34.1 Å². The molecule has 9 nitrogen and oxygen atoms in total. The molecule has 1 fully saturated rings. The molecule has 2 atom stereocenters. The lowest BCUT2D eigenvalue weighted by Crippen LogP contribution is -2.54. The van der Waals surface area contributed by atoms with Crippen LogP contribution in [0.1, 0.15) is 18.5 Å². The summed E-state index contributed by atoms with van der Waals surface area (Å²) in [7, 11) is 0. The lowest BCUT2D eigenvalue weighted by atomic mass is 9.96. The van der Waals surface area contributed by atoms with Crippen LogP contribution in [0.25, 0.3) is 22.0 Å². The highest BCUT2D eigenvalue weighted by Crippen LogP contribution is 2.48. The van der Waals surface area contributed by atoms with Gasteiger partial charge in [-0.15, -0.1) is 0 Å². The van der Waals surface area contributed by atoms with E-state index in [4.69, 9.17) is 16.3 Å². The van der Waals surface area contributed by atoms with Crippen molar-refractivity contribution in [3.8, 4) is 22.9 Å². The molecule has 1 saturated heterocycles. The fourth-order valence-corrected chi connectivity index (χ4v) is 6.27. The SMILES string of the molecule is C=CC(=O)N1CCN(c2c(C#N)c(=O)n3c4c(c(-c5ccc(F)cc5F)c(Cl)cc24)OCC3Cn2ccnc2)[C@@H](C)C1. The summed E-state index contributed by atoms with van der Waals surface area (Å²) in [5, 5.41) is 10.9. The van der Waals surface area contributed by atoms with Crippen LogP contribution in [0.2, 0.25) is 5.02 Å². The van der Waals surface area contributed by atoms with Gasteiger partial charge in [0.15, 0.2) is 5.75 Å². The molecule has 2 aromatic carbocycles. The monoisotopic (exact) mass is 590 g/mol. The van der Waals surface area contributed by atoms with Crippen LogP contribution >= 0.6 is 11.6 Å². The number of pyridine rings is 1. The molecule has 2 aliphatic heterocycles. The van der Waals surface area contributed by atoms with E-state index < -0.39 is 23.2 Å². The van der Waals surface area contributed by atoms with Crippen LogP contribution in [0.15, 0.2) is 60.4 Å². The quantitative estimate of drug-likeness (QED) is 0.317. The first-order valence-corrected chi connectivity index (χ1v) is 13.7. The van der Waals surface area contributed by atoms with Crippen molar-refractivity contribution in [3.63, 3.8) is 0 Å². The molecule has 2 aliphatic rings. The normalized spacial score (nSPS) is 18.1. The van der Waals surface area contributed by atoms with Gasteiger partial charge in [-0.1, -0.05) is 18.2 Å². The second kappa shape index (κ2) is 10.6. The number of benzene rings is 2.